The molecule has 7 heteroatoms. The van der Waals surface area contributed by atoms with Gasteiger partial charge in [-0.05, 0) is 23.1 Å². The number of nitrogens with zero attached hydrogens (tertiary/aromatic N) is 3. The van der Waals surface area contributed by atoms with Crippen LogP contribution in [-0.4, -0.2) is 22.6 Å². The molecular weight excluding hydrogens is 393 g/mol. The molecule has 2 heterocycles. The number of halogens is 2. The molecule has 0 radical (unpaired) electrons. The molecule has 0 N–H and O–H groups in total. The fraction of sp³-hybridized carbons (Fsp3) is 0.318. The molecule has 29 heavy (non-hydrogen) atoms. The van der Waals surface area contributed by atoms with Crippen LogP contribution in [0.15, 0.2) is 47.0 Å². The molecule has 0 bridgehead atoms. The Bertz CT molecular complexity index is 1060. The molecule has 0 spiro atoms. The molecule has 0 aliphatic carbocycles. The van der Waals surface area contributed by atoms with Gasteiger partial charge in [-0.15, -0.1) is 0 Å². The average molecular weight is 414 g/mol. The summed E-state index contributed by atoms with van der Waals surface area (Å²) in [6, 6.07) is 12.6. The summed E-state index contributed by atoms with van der Waals surface area (Å²) in [6.07, 6.45) is 0.177. The fourth-order valence-electron chi connectivity index (χ4n) is 3.44. The summed E-state index contributed by atoms with van der Waals surface area (Å²) in [4.78, 5) is 18.3. The van der Waals surface area contributed by atoms with Gasteiger partial charge in [0.15, 0.2) is 5.82 Å². The Balaban J connectivity index is 1.54. The van der Waals surface area contributed by atoms with Gasteiger partial charge in [0.25, 0.3) is 0 Å². The van der Waals surface area contributed by atoms with Crippen molar-refractivity contribution >= 4 is 23.2 Å². The SMILES string of the molecule is CC(C)(C)c1ccc(-c2noc(C3CC(=O)N(c4cccc(Cl)c4F)C3)n2)cc1. The Morgan fingerprint density at radius 1 is 1.17 bits per heavy atom. The van der Waals surface area contributed by atoms with Crippen LogP contribution in [0.25, 0.3) is 11.4 Å². The van der Waals surface area contributed by atoms with E-state index in [0.717, 1.165) is 5.56 Å². The topological polar surface area (TPSA) is 59.2 Å². The third-order valence-corrected chi connectivity index (χ3v) is 5.44. The van der Waals surface area contributed by atoms with E-state index < -0.39 is 5.82 Å². The van der Waals surface area contributed by atoms with Crippen molar-refractivity contribution in [1.29, 1.82) is 0 Å². The van der Waals surface area contributed by atoms with E-state index in [1.807, 2.05) is 24.3 Å². The summed E-state index contributed by atoms with van der Waals surface area (Å²) in [7, 11) is 0. The van der Waals surface area contributed by atoms with Crippen molar-refractivity contribution in [2.24, 2.45) is 0 Å². The predicted molar refractivity (Wildman–Crippen MR) is 110 cm³/mol. The lowest BCUT2D eigenvalue weighted by Gasteiger charge is -2.18. The summed E-state index contributed by atoms with van der Waals surface area (Å²) in [6.45, 7) is 6.72. The number of aromatic nitrogens is 2. The standard InChI is InChI=1S/C22H21ClFN3O2/c1-22(2,3)15-9-7-13(8-10-15)20-25-21(29-26-20)14-11-18(28)27(12-14)17-6-4-5-16(23)19(17)24/h4-10,14H,11-12H2,1-3H3. The molecule has 150 valence electrons. The Morgan fingerprint density at radius 2 is 1.90 bits per heavy atom. The van der Waals surface area contributed by atoms with Crippen molar-refractivity contribution in [2.45, 2.75) is 38.5 Å². The summed E-state index contributed by atoms with van der Waals surface area (Å²) in [5.41, 5.74) is 2.28. The highest BCUT2D eigenvalue weighted by molar-refractivity contribution is 6.31. The Kier molecular flexibility index (Phi) is 4.90. The largest absolute Gasteiger partial charge is 0.339 e. The maximum absolute atomic E-state index is 14.3. The van der Waals surface area contributed by atoms with Crippen LogP contribution < -0.4 is 4.90 Å². The first-order valence-electron chi connectivity index (χ1n) is 9.43. The molecule has 5 nitrogen and oxygen atoms in total. The molecule has 4 rings (SSSR count). The van der Waals surface area contributed by atoms with E-state index in [0.29, 0.717) is 11.7 Å². The number of carbonyl (C=O) groups excluding carboxylic acids is 1. The molecule has 3 aromatic rings. The van der Waals surface area contributed by atoms with Gasteiger partial charge in [0.1, 0.15) is 0 Å². The van der Waals surface area contributed by atoms with E-state index in [-0.39, 0.29) is 40.9 Å². The monoisotopic (exact) mass is 413 g/mol. The molecule has 1 amide bonds. The van der Waals surface area contributed by atoms with Gasteiger partial charge in [-0.25, -0.2) is 4.39 Å². The summed E-state index contributed by atoms with van der Waals surface area (Å²) >= 11 is 5.85. The molecule has 0 saturated carbocycles. The molecule has 1 saturated heterocycles. The van der Waals surface area contributed by atoms with E-state index in [9.17, 15) is 9.18 Å². The second-order valence-corrected chi connectivity index (χ2v) is 8.67. The van der Waals surface area contributed by atoms with Gasteiger partial charge in [-0.1, -0.05) is 67.9 Å². The van der Waals surface area contributed by atoms with Crippen molar-refractivity contribution in [2.75, 3.05) is 11.4 Å². The van der Waals surface area contributed by atoms with Crippen LogP contribution in [0.2, 0.25) is 5.02 Å². The number of benzene rings is 2. The van der Waals surface area contributed by atoms with E-state index >= 15 is 0 Å². The lowest BCUT2D eigenvalue weighted by atomic mass is 9.87. The second-order valence-electron chi connectivity index (χ2n) is 8.26. The zero-order valence-electron chi connectivity index (χ0n) is 16.4. The number of amides is 1. The average Bonchev–Trinajstić information content (AvgIpc) is 3.30. The number of carbonyl (C=O) groups is 1. The van der Waals surface area contributed by atoms with Crippen molar-refractivity contribution in [3.05, 3.63) is 64.8 Å². The van der Waals surface area contributed by atoms with Crippen LogP contribution >= 0.6 is 11.6 Å². The van der Waals surface area contributed by atoms with Crippen LogP contribution in [0.5, 0.6) is 0 Å². The van der Waals surface area contributed by atoms with Gasteiger partial charge in [0.05, 0.1) is 16.6 Å². The van der Waals surface area contributed by atoms with Crippen LogP contribution in [0, 0.1) is 5.82 Å². The Hall–Kier alpha value is -2.73. The van der Waals surface area contributed by atoms with Crippen LogP contribution in [0.1, 0.15) is 44.6 Å². The van der Waals surface area contributed by atoms with Crippen LogP contribution in [0.3, 0.4) is 0 Å². The van der Waals surface area contributed by atoms with Gasteiger partial charge in [-0.2, -0.15) is 4.98 Å². The second kappa shape index (κ2) is 7.26. The van der Waals surface area contributed by atoms with Gasteiger partial charge in [0, 0.05) is 18.5 Å². The van der Waals surface area contributed by atoms with E-state index in [2.05, 4.69) is 30.9 Å². The van der Waals surface area contributed by atoms with E-state index in [1.54, 1.807) is 6.07 Å². The third-order valence-electron chi connectivity index (χ3n) is 5.15. The molecule has 2 aromatic carbocycles. The lowest BCUT2D eigenvalue weighted by molar-refractivity contribution is -0.117. The molecule has 1 unspecified atom stereocenters. The molecule has 1 aromatic heterocycles. The lowest BCUT2D eigenvalue weighted by Crippen LogP contribution is -2.25. The van der Waals surface area contributed by atoms with Gasteiger partial charge >= 0.3 is 0 Å². The number of anilines is 1. The highest BCUT2D eigenvalue weighted by atomic mass is 35.5. The molecule has 1 aliphatic heterocycles. The Morgan fingerprint density at radius 3 is 2.59 bits per heavy atom. The van der Waals surface area contributed by atoms with Crippen molar-refractivity contribution < 1.29 is 13.7 Å². The smallest absolute Gasteiger partial charge is 0.232 e. The zero-order chi connectivity index (χ0) is 20.8. The van der Waals surface area contributed by atoms with Gasteiger partial charge in [-0.3, -0.25) is 4.79 Å². The van der Waals surface area contributed by atoms with Gasteiger partial charge < -0.3 is 9.42 Å². The first-order chi connectivity index (χ1) is 13.7. The molecule has 1 atom stereocenters. The Labute approximate surface area is 173 Å². The minimum atomic E-state index is -0.603. The minimum Gasteiger partial charge on any atom is -0.339 e. The summed E-state index contributed by atoms with van der Waals surface area (Å²) < 4.78 is 19.7. The maximum Gasteiger partial charge on any atom is 0.232 e. The number of hydrogen-bond donors (Lipinski definition) is 0. The number of hydrogen-bond acceptors (Lipinski definition) is 4. The predicted octanol–water partition coefficient (Wildman–Crippen LogP) is 5.35. The van der Waals surface area contributed by atoms with E-state index in [1.165, 1.54) is 22.6 Å². The van der Waals surface area contributed by atoms with Crippen molar-refractivity contribution in [3.63, 3.8) is 0 Å². The number of rotatable bonds is 3. The highest BCUT2D eigenvalue weighted by Crippen LogP contribution is 2.35. The normalized spacial score (nSPS) is 17.2. The van der Waals surface area contributed by atoms with Crippen LogP contribution in [0.4, 0.5) is 10.1 Å². The quantitative estimate of drug-likeness (QED) is 0.581. The van der Waals surface area contributed by atoms with Gasteiger partial charge in [0.2, 0.25) is 17.6 Å². The third kappa shape index (κ3) is 3.77. The summed E-state index contributed by atoms with van der Waals surface area (Å²) in [5.74, 6) is -0.256. The molecule has 1 fully saturated rings. The zero-order valence-corrected chi connectivity index (χ0v) is 17.2. The maximum atomic E-state index is 14.3. The summed E-state index contributed by atoms with van der Waals surface area (Å²) in [5, 5.41) is 4.05. The van der Waals surface area contributed by atoms with E-state index in [4.69, 9.17) is 16.1 Å². The molecule has 1 aliphatic rings. The molecular formula is C22H21ClFN3O2. The van der Waals surface area contributed by atoms with Crippen molar-refractivity contribution in [3.8, 4) is 11.4 Å². The minimum absolute atomic E-state index is 0.0162. The fourth-order valence-corrected chi connectivity index (χ4v) is 3.61. The van der Waals surface area contributed by atoms with Crippen LogP contribution in [-0.2, 0) is 10.2 Å². The first kappa shape index (κ1) is 19.6. The highest BCUT2D eigenvalue weighted by Gasteiger charge is 2.36. The van der Waals surface area contributed by atoms with Crippen molar-refractivity contribution in [1.82, 2.24) is 10.1 Å². The first-order valence-corrected chi connectivity index (χ1v) is 9.81.